The fourth-order valence-electron chi connectivity index (χ4n) is 8.93. The summed E-state index contributed by atoms with van der Waals surface area (Å²) in [6, 6.07) is 15.5. The maximum absolute atomic E-state index is 10.8. The van der Waals surface area contributed by atoms with Crippen molar-refractivity contribution < 1.29 is 60.0 Å². The number of phenols is 4. The summed E-state index contributed by atoms with van der Waals surface area (Å²) in [5.41, 5.74) is 9.51. The molecule has 4 aromatic rings. The quantitative estimate of drug-likeness (QED) is 0.0467. The number of hydrogen-bond donors (Lipinski definition) is 10. The molecule has 4 rings (SSSR count). The van der Waals surface area contributed by atoms with Gasteiger partial charge in [0.1, 0.15) is 23.0 Å². The van der Waals surface area contributed by atoms with Crippen LogP contribution >= 0.6 is 0 Å². The van der Waals surface area contributed by atoms with Gasteiger partial charge in [-0.2, -0.15) is 0 Å². The molecular formula is C68H108N2O12. The molecule has 462 valence electrons. The summed E-state index contributed by atoms with van der Waals surface area (Å²) in [6.07, 6.45) is 2.39. The van der Waals surface area contributed by atoms with E-state index < -0.39 is 23.9 Å². The number of aromatic hydroxyl groups is 4. The molecule has 4 aromatic carbocycles. The van der Waals surface area contributed by atoms with Gasteiger partial charge in [-0.1, -0.05) is 215 Å². The fourth-order valence-corrected chi connectivity index (χ4v) is 8.93. The van der Waals surface area contributed by atoms with Crippen LogP contribution in [0.2, 0.25) is 0 Å². The summed E-state index contributed by atoms with van der Waals surface area (Å²) in [5, 5.41) is 77.5. The molecule has 0 radical (unpaired) electrons. The molecule has 0 aliphatic heterocycles. The lowest BCUT2D eigenvalue weighted by Crippen LogP contribution is -2.18. The molecular weight excluding hydrogens is 1040 g/mol. The highest BCUT2D eigenvalue weighted by molar-refractivity contribution is 5.69. The average Bonchev–Trinajstić information content (AvgIpc) is 3.28. The number of aryl methyl sites for hydroxylation is 4. The van der Waals surface area contributed by atoms with Crippen molar-refractivity contribution in [3.05, 3.63) is 115 Å². The molecule has 12 N–H and O–H groups in total. The van der Waals surface area contributed by atoms with E-state index in [0.29, 0.717) is 48.7 Å². The first kappa shape index (κ1) is 75.9. The Labute approximate surface area is 492 Å². The SMILES string of the molecule is CC(C)(C)c1cc(CCC(=O)O)cc(C(C)(C)C)c1O.CC(C)(C)c1cc(CCC(=O)O)cc(C(C)(C)C)c1O.CC(C)(C)c1cc(CCC(=O)O)cc(C(C)(C)C)c1O.CC(C)(C)c1cc(CCC(=O)O)cc(C(C)(C)C)c1O.NN. The number of rotatable bonds is 12. The topological polar surface area (TPSA) is 282 Å². The first-order valence-corrected chi connectivity index (χ1v) is 28.4. The minimum atomic E-state index is -0.798. The van der Waals surface area contributed by atoms with Crippen molar-refractivity contribution in [1.29, 1.82) is 0 Å². The van der Waals surface area contributed by atoms with E-state index in [4.69, 9.17) is 20.4 Å². The van der Waals surface area contributed by atoms with Gasteiger partial charge in [-0.15, -0.1) is 0 Å². The van der Waals surface area contributed by atoms with Crippen LogP contribution in [0.25, 0.3) is 0 Å². The molecule has 0 bridgehead atoms. The van der Waals surface area contributed by atoms with Crippen LogP contribution < -0.4 is 11.7 Å². The van der Waals surface area contributed by atoms with Gasteiger partial charge in [0.05, 0.1) is 0 Å². The first-order valence-electron chi connectivity index (χ1n) is 28.4. The second kappa shape index (κ2) is 29.4. The third kappa shape index (κ3) is 24.8. The predicted molar refractivity (Wildman–Crippen MR) is 334 cm³/mol. The molecule has 0 atom stereocenters. The number of hydrazine groups is 1. The summed E-state index contributed by atoms with van der Waals surface area (Å²) >= 11 is 0. The zero-order valence-corrected chi connectivity index (χ0v) is 54.6. The van der Waals surface area contributed by atoms with E-state index in [0.717, 1.165) is 66.8 Å². The number of benzene rings is 4. The van der Waals surface area contributed by atoms with Gasteiger partial charge < -0.3 is 40.9 Å². The second-order valence-corrected chi connectivity index (χ2v) is 29.7. The highest BCUT2D eigenvalue weighted by Crippen LogP contribution is 2.44. The van der Waals surface area contributed by atoms with Crippen LogP contribution in [0, 0.1) is 0 Å². The summed E-state index contributed by atoms with van der Waals surface area (Å²) in [5.74, 6) is 6.15. The van der Waals surface area contributed by atoms with Gasteiger partial charge in [0.25, 0.3) is 0 Å². The van der Waals surface area contributed by atoms with Gasteiger partial charge in [0.15, 0.2) is 0 Å². The molecule has 0 saturated carbocycles. The van der Waals surface area contributed by atoms with Crippen molar-refractivity contribution >= 4 is 23.9 Å². The third-order valence-corrected chi connectivity index (χ3v) is 13.7. The van der Waals surface area contributed by atoms with Gasteiger partial charge in [-0.25, -0.2) is 0 Å². The molecule has 0 fully saturated rings. The molecule has 14 nitrogen and oxygen atoms in total. The Kier molecular flexibility index (Phi) is 27.2. The van der Waals surface area contributed by atoms with Crippen LogP contribution in [-0.4, -0.2) is 64.7 Å². The minimum Gasteiger partial charge on any atom is -0.507 e. The van der Waals surface area contributed by atoms with E-state index in [2.05, 4.69) is 178 Å². The molecule has 0 aliphatic carbocycles. The lowest BCUT2D eigenvalue weighted by molar-refractivity contribution is -0.138. The van der Waals surface area contributed by atoms with Crippen molar-refractivity contribution in [3.8, 4) is 23.0 Å². The lowest BCUT2D eigenvalue weighted by atomic mass is 9.78. The van der Waals surface area contributed by atoms with Gasteiger partial charge in [-0.3, -0.25) is 30.9 Å². The Balaban J connectivity index is 0.00000106. The number of phenolic OH excluding ortho intramolecular Hbond substituents is 4. The second-order valence-electron chi connectivity index (χ2n) is 29.7. The zero-order valence-electron chi connectivity index (χ0n) is 54.6. The Morgan fingerprint density at radius 1 is 0.268 bits per heavy atom. The molecule has 0 amide bonds. The van der Waals surface area contributed by atoms with Crippen molar-refractivity contribution in [1.82, 2.24) is 0 Å². The third-order valence-electron chi connectivity index (χ3n) is 13.7. The summed E-state index contributed by atoms with van der Waals surface area (Å²) < 4.78 is 0. The van der Waals surface area contributed by atoms with Gasteiger partial charge in [0, 0.05) is 25.7 Å². The van der Waals surface area contributed by atoms with Crippen molar-refractivity contribution in [2.45, 2.75) is 261 Å². The monoisotopic (exact) mass is 1140 g/mol. The number of nitrogens with two attached hydrogens (primary N) is 2. The number of hydrogen-bond acceptors (Lipinski definition) is 10. The molecule has 0 aromatic heterocycles. The maximum Gasteiger partial charge on any atom is 0.303 e. The van der Waals surface area contributed by atoms with E-state index in [1.165, 1.54) is 0 Å². The molecule has 0 spiro atoms. The highest BCUT2D eigenvalue weighted by atomic mass is 16.4. The van der Waals surface area contributed by atoms with Crippen LogP contribution in [0.15, 0.2) is 48.5 Å². The minimum absolute atomic E-state index is 0.109. The number of aliphatic carboxylic acids is 4. The standard InChI is InChI=1S/4C17H26O3.H4N2/c4*1-16(2,3)12-9-11(7-8-14(18)19)10-13(15(12)20)17(4,5)6;1-2/h4*9-10,20H,7-8H2,1-6H3,(H,18,19);1-2H2. The molecule has 0 saturated heterocycles. The molecule has 0 heterocycles. The summed E-state index contributed by atoms with van der Waals surface area (Å²) in [4.78, 5) is 43.0. The van der Waals surface area contributed by atoms with Crippen molar-refractivity contribution in [2.24, 2.45) is 11.7 Å². The smallest absolute Gasteiger partial charge is 0.303 e. The molecule has 82 heavy (non-hydrogen) atoms. The van der Waals surface area contributed by atoms with E-state index in [1.807, 2.05) is 48.5 Å². The maximum atomic E-state index is 10.8. The Morgan fingerprint density at radius 3 is 0.439 bits per heavy atom. The lowest BCUT2D eigenvalue weighted by Gasteiger charge is -2.28. The van der Waals surface area contributed by atoms with Crippen molar-refractivity contribution in [3.63, 3.8) is 0 Å². The zero-order chi connectivity index (χ0) is 64.9. The Morgan fingerprint density at radius 2 is 0.366 bits per heavy atom. The number of carbonyl (C=O) groups is 4. The van der Waals surface area contributed by atoms with Gasteiger partial charge >= 0.3 is 23.9 Å². The largest absolute Gasteiger partial charge is 0.507 e. The summed E-state index contributed by atoms with van der Waals surface area (Å²) in [6.45, 7) is 49.2. The summed E-state index contributed by atoms with van der Waals surface area (Å²) in [7, 11) is 0. The average molecular weight is 1150 g/mol. The van der Waals surface area contributed by atoms with E-state index in [9.17, 15) is 39.6 Å². The predicted octanol–water partition coefficient (Wildman–Crippen LogP) is 14.8. The number of carboxylic acids is 4. The molecule has 0 unspecified atom stereocenters. The van der Waals surface area contributed by atoms with Gasteiger partial charge in [0.2, 0.25) is 0 Å². The Hall–Kier alpha value is -6.12. The normalized spacial score (nSPS) is 12.3. The van der Waals surface area contributed by atoms with Crippen LogP contribution in [-0.2, 0) is 88.2 Å². The van der Waals surface area contributed by atoms with Gasteiger partial charge in [-0.05, 0) is 136 Å². The van der Waals surface area contributed by atoms with Crippen LogP contribution in [0.4, 0.5) is 0 Å². The van der Waals surface area contributed by atoms with E-state index in [1.54, 1.807) is 0 Å². The van der Waals surface area contributed by atoms with Crippen molar-refractivity contribution in [2.75, 3.05) is 0 Å². The van der Waals surface area contributed by atoms with Crippen LogP contribution in [0.3, 0.4) is 0 Å². The fraction of sp³-hybridized carbons (Fsp3) is 0.588. The van der Waals surface area contributed by atoms with E-state index >= 15 is 0 Å². The van der Waals surface area contributed by atoms with E-state index in [-0.39, 0.29) is 69.0 Å². The Bertz CT molecular complexity index is 2260. The van der Waals surface area contributed by atoms with Crippen LogP contribution in [0.1, 0.15) is 259 Å². The molecule has 14 heteroatoms. The molecule has 0 aliphatic rings. The number of carboxylic acid groups (broad SMARTS) is 4. The highest BCUT2D eigenvalue weighted by Gasteiger charge is 2.31. The van der Waals surface area contributed by atoms with Crippen LogP contribution in [0.5, 0.6) is 23.0 Å². The first-order chi connectivity index (χ1) is 36.7.